The molecule has 0 spiro atoms. The Hall–Kier alpha value is -2.89. The Balaban J connectivity index is 1.36. The van der Waals surface area contributed by atoms with Gasteiger partial charge in [-0.2, -0.15) is 0 Å². The molecule has 0 saturated carbocycles. The Labute approximate surface area is 153 Å². The van der Waals surface area contributed by atoms with Crippen LogP contribution in [-0.4, -0.2) is 47.1 Å². The Morgan fingerprint density at radius 3 is 2.62 bits per heavy atom. The lowest BCUT2D eigenvalue weighted by atomic mass is 10.1. The van der Waals surface area contributed by atoms with E-state index in [9.17, 15) is 4.79 Å². The molecule has 0 atom stereocenters. The van der Waals surface area contributed by atoms with Gasteiger partial charge in [0.05, 0.1) is 5.69 Å². The number of amides is 2. The van der Waals surface area contributed by atoms with E-state index in [1.807, 2.05) is 17.0 Å². The van der Waals surface area contributed by atoms with Crippen molar-refractivity contribution < 1.29 is 4.79 Å². The molecule has 26 heavy (non-hydrogen) atoms. The van der Waals surface area contributed by atoms with E-state index in [1.165, 1.54) is 5.56 Å². The zero-order valence-electron chi connectivity index (χ0n) is 15.0. The van der Waals surface area contributed by atoms with Gasteiger partial charge in [-0.1, -0.05) is 31.2 Å². The average Bonchev–Trinajstić information content (AvgIpc) is 3.17. The molecule has 0 unspecified atom stereocenters. The van der Waals surface area contributed by atoms with Gasteiger partial charge in [-0.05, 0) is 24.1 Å². The Bertz CT molecular complexity index is 823. The lowest BCUT2D eigenvalue weighted by molar-refractivity contribution is 0.208. The van der Waals surface area contributed by atoms with E-state index in [1.54, 1.807) is 6.33 Å². The molecule has 0 radical (unpaired) electrons. The van der Waals surface area contributed by atoms with Gasteiger partial charge in [-0.15, -0.1) is 0 Å². The summed E-state index contributed by atoms with van der Waals surface area (Å²) in [6.45, 7) is 5.04. The molecule has 2 heterocycles. The zero-order valence-corrected chi connectivity index (χ0v) is 15.0. The number of aryl methyl sites for hydroxylation is 1. The summed E-state index contributed by atoms with van der Waals surface area (Å²) in [6, 6.07) is 7.99. The minimum atomic E-state index is -0.0401. The first-order valence-corrected chi connectivity index (χ1v) is 9.15. The van der Waals surface area contributed by atoms with Gasteiger partial charge >= 0.3 is 6.03 Å². The van der Waals surface area contributed by atoms with E-state index in [-0.39, 0.29) is 6.03 Å². The van der Waals surface area contributed by atoms with Crippen LogP contribution in [0, 0.1) is 0 Å². The van der Waals surface area contributed by atoms with Crippen molar-refractivity contribution in [3.8, 4) is 0 Å². The van der Waals surface area contributed by atoms with Gasteiger partial charge in [0.2, 0.25) is 0 Å². The molecule has 1 aliphatic heterocycles. The highest BCUT2D eigenvalue weighted by atomic mass is 16.2. The molecule has 2 aromatic rings. The second kappa shape index (κ2) is 7.15. The van der Waals surface area contributed by atoms with E-state index in [2.05, 4.69) is 51.4 Å². The standard InChI is InChI=1S/C20H23N5O/c1-2-15-6-8-16(9-7-15)23-20(26)25-12-10-24(11-13-25)19-17-4-3-5-18(17)21-14-22-19/h3-4,6-9,14H,2,5,10-13H2,1H3,(H,23,26). The van der Waals surface area contributed by atoms with E-state index in [0.29, 0.717) is 13.1 Å². The normalized spacial score (nSPS) is 15.9. The van der Waals surface area contributed by atoms with Gasteiger partial charge in [0.25, 0.3) is 0 Å². The number of benzene rings is 1. The first kappa shape index (κ1) is 16.6. The molecule has 4 rings (SSSR count). The summed E-state index contributed by atoms with van der Waals surface area (Å²) in [5.74, 6) is 0.985. The van der Waals surface area contributed by atoms with Crippen molar-refractivity contribution in [3.63, 3.8) is 0 Å². The lowest BCUT2D eigenvalue weighted by Gasteiger charge is -2.35. The van der Waals surface area contributed by atoms with E-state index >= 15 is 0 Å². The van der Waals surface area contributed by atoms with Crippen LogP contribution in [-0.2, 0) is 12.8 Å². The molecule has 0 bridgehead atoms. The van der Waals surface area contributed by atoms with Gasteiger partial charge in [0.15, 0.2) is 0 Å². The van der Waals surface area contributed by atoms with Gasteiger partial charge in [-0.3, -0.25) is 0 Å². The maximum Gasteiger partial charge on any atom is 0.321 e. The molecule has 1 aliphatic carbocycles. The molecule has 2 amide bonds. The van der Waals surface area contributed by atoms with E-state index in [0.717, 1.165) is 48.7 Å². The minimum Gasteiger partial charge on any atom is -0.352 e. The number of nitrogens with zero attached hydrogens (tertiary/aromatic N) is 4. The van der Waals surface area contributed by atoms with Crippen molar-refractivity contribution in [1.82, 2.24) is 14.9 Å². The number of piperazine rings is 1. The Morgan fingerprint density at radius 1 is 1.12 bits per heavy atom. The number of hydrogen-bond acceptors (Lipinski definition) is 4. The molecular weight excluding hydrogens is 326 g/mol. The third kappa shape index (κ3) is 3.27. The largest absolute Gasteiger partial charge is 0.352 e. The lowest BCUT2D eigenvalue weighted by Crippen LogP contribution is -2.50. The quantitative estimate of drug-likeness (QED) is 0.925. The number of carbonyl (C=O) groups is 1. The number of hydrogen-bond donors (Lipinski definition) is 1. The van der Waals surface area contributed by atoms with Crippen LogP contribution in [0.2, 0.25) is 0 Å². The van der Waals surface area contributed by atoms with Crippen LogP contribution in [0.3, 0.4) is 0 Å². The predicted molar refractivity (Wildman–Crippen MR) is 103 cm³/mol. The molecule has 134 valence electrons. The van der Waals surface area contributed by atoms with Crippen molar-refractivity contribution >= 4 is 23.6 Å². The van der Waals surface area contributed by atoms with Crippen LogP contribution in [0.1, 0.15) is 23.7 Å². The smallest absolute Gasteiger partial charge is 0.321 e. The highest BCUT2D eigenvalue weighted by molar-refractivity contribution is 5.89. The van der Waals surface area contributed by atoms with Gasteiger partial charge < -0.3 is 15.1 Å². The molecular formula is C20H23N5O. The molecule has 2 aliphatic rings. The number of nitrogens with one attached hydrogen (secondary N) is 1. The maximum absolute atomic E-state index is 12.5. The minimum absolute atomic E-state index is 0.0401. The number of rotatable bonds is 3. The summed E-state index contributed by atoms with van der Waals surface area (Å²) in [4.78, 5) is 25.4. The third-order valence-corrected chi connectivity index (χ3v) is 5.02. The number of anilines is 2. The number of aromatic nitrogens is 2. The van der Waals surface area contributed by atoms with Crippen LogP contribution in [0.5, 0.6) is 0 Å². The van der Waals surface area contributed by atoms with Crippen LogP contribution in [0.4, 0.5) is 16.3 Å². The third-order valence-electron chi connectivity index (χ3n) is 5.02. The predicted octanol–water partition coefficient (Wildman–Crippen LogP) is 2.96. The summed E-state index contributed by atoms with van der Waals surface area (Å²) >= 11 is 0. The molecule has 1 N–H and O–H groups in total. The summed E-state index contributed by atoms with van der Waals surface area (Å²) in [5, 5.41) is 2.99. The van der Waals surface area contributed by atoms with Crippen molar-refractivity contribution in [2.45, 2.75) is 19.8 Å². The van der Waals surface area contributed by atoms with E-state index < -0.39 is 0 Å². The second-order valence-electron chi connectivity index (χ2n) is 6.62. The fourth-order valence-corrected chi connectivity index (χ4v) is 3.44. The highest BCUT2D eigenvalue weighted by Crippen LogP contribution is 2.27. The van der Waals surface area contributed by atoms with Crippen LogP contribution in [0.15, 0.2) is 36.7 Å². The number of urea groups is 1. The summed E-state index contributed by atoms with van der Waals surface area (Å²) in [5.41, 5.74) is 4.32. The van der Waals surface area contributed by atoms with Crippen LogP contribution >= 0.6 is 0 Å². The Kier molecular flexibility index (Phi) is 4.56. The van der Waals surface area contributed by atoms with Crippen molar-refractivity contribution in [3.05, 3.63) is 53.5 Å². The summed E-state index contributed by atoms with van der Waals surface area (Å²) in [6.07, 6.45) is 7.74. The topological polar surface area (TPSA) is 61.4 Å². The molecule has 1 saturated heterocycles. The number of carbonyl (C=O) groups excluding carboxylic acids is 1. The Morgan fingerprint density at radius 2 is 1.88 bits per heavy atom. The van der Waals surface area contributed by atoms with Crippen LogP contribution in [0.25, 0.3) is 6.08 Å². The van der Waals surface area contributed by atoms with Crippen molar-refractivity contribution in [2.75, 3.05) is 36.4 Å². The van der Waals surface area contributed by atoms with Gasteiger partial charge in [-0.25, -0.2) is 14.8 Å². The number of allylic oxidation sites excluding steroid dienone is 1. The molecule has 6 nitrogen and oxygen atoms in total. The molecule has 1 aromatic carbocycles. The SMILES string of the molecule is CCc1ccc(NC(=O)N2CCN(c3ncnc4c3C=CC4)CC2)cc1. The maximum atomic E-state index is 12.5. The van der Waals surface area contributed by atoms with Crippen molar-refractivity contribution in [1.29, 1.82) is 0 Å². The first-order valence-electron chi connectivity index (χ1n) is 9.15. The highest BCUT2D eigenvalue weighted by Gasteiger charge is 2.24. The summed E-state index contributed by atoms with van der Waals surface area (Å²) in [7, 11) is 0. The fraction of sp³-hybridized carbons (Fsp3) is 0.350. The van der Waals surface area contributed by atoms with Crippen molar-refractivity contribution in [2.24, 2.45) is 0 Å². The first-order chi connectivity index (χ1) is 12.7. The monoisotopic (exact) mass is 349 g/mol. The molecule has 6 heteroatoms. The van der Waals surface area contributed by atoms with Crippen LogP contribution < -0.4 is 10.2 Å². The fourth-order valence-electron chi connectivity index (χ4n) is 3.44. The molecule has 1 aromatic heterocycles. The second-order valence-corrected chi connectivity index (χ2v) is 6.62. The van der Waals surface area contributed by atoms with Gasteiger partial charge in [0.1, 0.15) is 12.1 Å². The molecule has 1 fully saturated rings. The van der Waals surface area contributed by atoms with Gasteiger partial charge in [0, 0.05) is 43.9 Å². The zero-order chi connectivity index (χ0) is 17.9. The average molecular weight is 349 g/mol. The van der Waals surface area contributed by atoms with E-state index in [4.69, 9.17) is 0 Å². The summed E-state index contributed by atoms with van der Waals surface area (Å²) < 4.78 is 0. The number of fused-ring (bicyclic) bond motifs is 1.